The molecule has 0 spiro atoms. The van der Waals surface area contributed by atoms with Crippen LogP contribution in [0.5, 0.6) is 11.5 Å². The van der Waals surface area contributed by atoms with Crippen LogP contribution in [0.25, 0.3) is 5.57 Å². The highest BCUT2D eigenvalue weighted by Gasteiger charge is 2.37. The van der Waals surface area contributed by atoms with Crippen LogP contribution in [0.15, 0.2) is 102 Å². The molecule has 1 heterocycles. The van der Waals surface area contributed by atoms with Gasteiger partial charge in [-0.15, -0.1) is 0 Å². The molecule has 0 saturated carbocycles. The van der Waals surface area contributed by atoms with E-state index in [1.54, 1.807) is 36.4 Å². The third-order valence-electron chi connectivity index (χ3n) is 7.43. The Labute approximate surface area is 245 Å². The summed E-state index contributed by atoms with van der Waals surface area (Å²) in [7, 11) is 0. The molecule has 0 bridgehead atoms. The summed E-state index contributed by atoms with van der Waals surface area (Å²) in [6.45, 7) is 0.905. The Balaban J connectivity index is 1.45. The molecule has 0 aromatic heterocycles. The van der Waals surface area contributed by atoms with Crippen molar-refractivity contribution in [2.45, 2.75) is 37.4 Å². The van der Waals surface area contributed by atoms with E-state index in [9.17, 15) is 31.4 Å². The number of halogens is 6. The molecule has 2 N–H and O–H groups in total. The van der Waals surface area contributed by atoms with Crippen molar-refractivity contribution in [1.29, 1.82) is 0 Å². The van der Waals surface area contributed by atoms with Crippen LogP contribution in [-0.4, -0.2) is 30.4 Å². The zero-order valence-corrected chi connectivity index (χ0v) is 22.9. The Morgan fingerprint density at radius 1 is 0.791 bits per heavy atom. The summed E-state index contributed by atoms with van der Waals surface area (Å²) in [6.07, 6.45) is -3.18. The number of ether oxygens (including phenoxy) is 2. The van der Waals surface area contributed by atoms with Gasteiger partial charge in [0.2, 0.25) is 0 Å². The predicted molar refractivity (Wildman–Crippen MR) is 150 cm³/mol. The minimum absolute atomic E-state index is 0.0958. The molecule has 4 nitrogen and oxygen atoms in total. The molecule has 0 saturated heterocycles. The van der Waals surface area contributed by atoms with E-state index < -0.39 is 29.1 Å². The highest BCUT2D eigenvalue weighted by molar-refractivity contribution is 5.79. The van der Waals surface area contributed by atoms with Crippen LogP contribution in [0.4, 0.5) is 26.3 Å². The number of aliphatic hydroxyl groups is 1. The average Bonchev–Trinajstić information content (AvgIpc) is 2.99. The maximum absolute atomic E-state index is 13.6. The summed E-state index contributed by atoms with van der Waals surface area (Å²) in [5.74, 6) is -0.624. The molecular weight excluding hydrogens is 572 g/mol. The Hall–Kier alpha value is -4.02. The number of alkyl halides is 6. The minimum Gasteiger partial charge on any atom is -0.489 e. The van der Waals surface area contributed by atoms with Crippen molar-refractivity contribution in [2.75, 3.05) is 19.7 Å². The fourth-order valence-electron chi connectivity index (χ4n) is 5.29. The summed E-state index contributed by atoms with van der Waals surface area (Å²) in [5, 5.41) is 14.8. The number of rotatable bonds is 8. The average molecular weight is 602 g/mol. The van der Waals surface area contributed by atoms with Gasteiger partial charge in [0.05, 0.1) is 11.1 Å². The highest BCUT2D eigenvalue weighted by atomic mass is 19.4. The first-order valence-electron chi connectivity index (χ1n) is 13.7. The second-order valence-electron chi connectivity index (χ2n) is 10.4. The Morgan fingerprint density at radius 3 is 2.02 bits per heavy atom. The van der Waals surface area contributed by atoms with Crippen molar-refractivity contribution in [3.05, 3.63) is 124 Å². The zero-order chi connectivity index (χ0) is 30.7. The van der Waals surface area contributed by atoms with E-state index in [1.807, 2.05) is 6.08 Å². The van der Waals surface area contributed by atoms with Crippen LogP contribution >= 0.6 is 0 Å². The van der Waals surface area contributed by atoms with Crippen LogP contribution in [0.1, 0.15) is 35.1 Å². The van der Waals surface area contributed by atoms with Gasteiger partial charge in [0.1, 0.15) is 30.3 Å². The van der Waals surface area contributed by atoms with Crippen LogP contribution in [0, 0.1) is 0 Å². The summed E-state index contributed by atoms with van der Waals surface area (Å²) in [6, 6.07) is 16.8. The maximum Gasteiger partial charge on any atom is 0.419 e. The standard InChI is InChI=1S/C33H29F6NO3/c34-32(35,36)27-8-1-3-10-29(27)42-20-22-6-5-7-23(18-22)26-12-15-31(41,25-13-16-40-17-14-25)19-24(26)21-43-30-11-4-2-9-28(30)33(37,38)39/h1-13,15,18,40-41H,14,16-17,19-21H2. The van der Waals surface area contributed by atoms with E-state index >= 15 is 0 Å². The first-order chi connectivity index (χ1) is 20.4. The van der Waals surface area contributed by atoms with Gasteiger partial charge in [-0.05, 0) is 77.2 Å². The lowest BCUT2D eigenvalue weighted by Gasteiger charge is -2.35. The Kier molecular flexibility index (Phi) is 8.71. The van der Waals surface area contributed by atoms with Crippen LogP contribution < -0.4 is 14.8 Å². The first kappa shape index (κ1) is 30.4. The van der Waals surface area contributed by atoms with Crippen LogP contribution in [0.3, 0.4) is 0 Å². The van der Waals surface area contributed by atoms with E-state index in [0.717, 1.165) is 17.7 Å². The van der Waals surface area contributed by atoms with Crippen molar-refractivity contribution in [3.8, 4) is 11.5 Å². The van der Waals surface area contributed by atoms with Crippen molar-refractivity contribution < 1.29 is 40.9 Å². The molecule has 226 valence electrons. The van der Waals surface area contributed by atoms with Gasteiger partial charge in [-0.25, -0.2) is 0 Å². The molecule has 0 amide bonds. The molecule has 43 heavy (non-hydrogen) atoms. The normalized spacial score (nSPS) is 19.3. The molecular formula is C33H29F6NO3. The van der Waals surface area contributed by atoms with Gasteiger partial charge in [0, 0.05) is 13.0 Å². The fourth-order valence-corrected chi connectivity index (χ4v) is 5.29. The quantitative estimate of drug-likeness (QED) is 0.205. The van der Waals surface area contributed by atoms with E-state index in [-0.39, 0.29) is 31.1 Å². The van der Waals surface area contributed by atoms with E-state index in [2.05, 4.69) is 5.32 Å². The fraction of sp³-hybridized carbons (Fsp3) is 0.273. The lowest BCUT2D eigenvalue weighted by Crippen LogP contribution is -2.36. The molecule has 3 aromatic rings. The summed E-state index contributed by atoms with van der Waals surface area (Å²) in [5.41, 5.74) is 0.136. The second kappa shape index (κ2) is 12.3. The van der Waals surface area contributed by atoms with Crippen LogP contribution in [0.2, 0.25) is 0 Å². The van der Waals surface area contributed by atoms with Crippen molar-refractivity contribution in [2.24, 2.45) is 0 Å². The minimum atomic E-state index is -4.61. The molecule has 5 rings (SSSR count). The van der Waals surface area contributed by atoms with Crippen molar-refractivity contribution in [1.82, 2.24) is 5.32 Å². The number of hydrogen-bond acceptors (Lipinski definition) is 4. The van der Waals surface area contributed by atoms with Gasteiger partial charge < -0.3 is 19.9 Å². The van der Waals surface area contributed by atoms with Gasteiger partial charge in [-0.3, -0.25) is 0 Å². The molecule has 1 unspecified atom stereocenters. The maximum atomic E-state index is 13.6. The number of hydrogen-bond donors (Lipinski definition) is 2. The third kappa shape index (κ3) is 7.14. The Bertz CT molecular complexity index is 1560. The van der Waals surface area contributed by atoms with Crippen molar-refractivity contribution >= 4 is 5.57 Å². The predicted octanol–water partition coefficient (Wildman–Crippen LogP) is 7.75. The number of allylic oxidation sites excluding steroid dienone is 2. The molecule has 10 heteroatoms. The number of benzene rings is 3. The molecule has 1 aliphatic heterocycles. The SMILES string of the molecule is OC1(C2=CCNCC2)C=CC(c2cccc(COc3ccccc3C(F)(F)F)c2)=C(COc2ccccc2C(F)(F)F)C1. The second-order valence-corrected chi connectivity index (χ2v) is 10.4. The van der Waals surface area contributed by atoms with Gasteiger partial charge >= 0.3 is 12.4 Å². The van der Waals surface area contributed by atoms with Crippen LogP contribution in [-0.2, 0) is 19.0 Å². The largest absolute Gasteiger partial charge is 0.489 e. The zero-order valence-electron chi connectivity index (χ0n) is 22.9. The molecule has 2 aliphatic rings. The summed E-state index contributed by atoms with van der Waals surface area (Å²) < 4.78 is 92.4. The van der Waals surface area contributed by atoms with Gasteiger partial charge in [0.15, 0.2) is 0 Å². The summed E-state index contributed by atoms with van der Waals surface area (Å²) >= 11 is 0. The monoisotopic (exact) mass is 601 g/mol. The molecule has 1 aliphatic carbocycles. The Morgan fingerprint density at radius 2 is 1.42 bits per heavy atom. The topological polar surface area (TPSA) is 50.7 Å². The van der Waals surface area contributed by atoms with E-state index in [4.69, 9.17) is 9.47 Å². The molecule has 1 atom stereocenters. The van der Waals surface area contributed by atoms with E-state index in [0.29, 0.717) is 41.8 Å². The lowest BCUT2D eigenvalue weighted by atomic mass is 9.78. The van der Waals surface area contributed by atoms with Gasteiger partial charge in [-0.2, -0.15) is 26.3 Å². The molecule has 3 aromatic carbocycles. The first-order valence-corrected chi connectivity index (χ1v) is 13.7. The van der Waals surface area contributed by atoms with E-state index in [1.165, 1.54) is 36.4 Å². The lowest BCUT2D eigenvalue weighted by molar-refractivity contribution is -0.139. The summed E-state index contributed by atoms with van der Waals surface area (Å²) in [4.78, 5) is 0. The van der Waals surface area contributed by atoms with Gasteiger partial charge in [0.25, 0.3) is 0 Å². The molecule has 0 fully saturated rings. The number of nitrogens with one attached hydrogen (secondary N) is 1. The number of para-hydroxylation sites is 2. The van der Waals surface area contributed by atoms with Gasteiger partial charge in [-0.1, -0.05) is 54.6 Å². The van der Waals surface area contributed by atoms with Crippen molar-refractivity contribution in [3.63, 3.8) is 0 Å². The third-order valence-corrected chi connectivity index (χ3v) is 7.43. The smallest absolute Gasteiger partial charge is 0.419 e. The molecule has 0 radical (unpaired) electrons. The highest BCUT2D eigenvalue weighted by Crippen LogP contribution is 2.41.